The molecule has 4 heteroatoms. The second-order valence-corrected chi connectivity index (χ2v) is 7.21. The van der Waals surface area contributed by atoms with E-state index in [0.717, 1.165) is 38.5 Å². The molecule has 0 saturated carbocycles. The fourth-order valence-corrected chi connectivity index (χ4v) is 3.70. The highest BCUT2D eigenvalue weighted by Gasteiger charge is 2.13. The third-order valence-corrected chi connectivity index (χ3v) is 5.22. The lowest BCUT2D eigenvalue weighted by atomic mass is 10.0. The summed E-state index contributed by atoms with van der Waals surface area (Å²) in [4.78, 5) is 17.8. The predicted octanol–water partition coefficient (Wildman–Crippen LogP) is 5.82. The summed E-state index contributed by atoms with van der Waals surface area (Å²) in [7, 11) is 0. The third-order valence-electron chi connectivity index (χ3n) is 5.22. The van der Waals surface area contributed by atoms with Crippen LogP contribution in [0.3, 0.4) is 0 Å². The summed E-state index contributed by atoms with van der Waals surface area (Å²) < 4.78 is 0. The highest BCUT2D eigenvalue weighted by atomic mass is 16.2. The third kappa shape index (κ3) is 3.79. The van der Waals surface area contributed by atoms with E-state index in [0.29, 0.717) is 5.56 Å². The minimum absolute atomic E-state index is 0.271. The van der Waals surface area contributed by atoms with Crippen LogP contribution < -0.4 is 5.43 Å². The number of nitrogens with one attached hydrogen (secondary N) is 1. The van der Waals surface area contributed by atoms with E-state index in [9.17, 15) is 4.79 Å². The van der Waals surface area contributed by atoms with Crippen LogP contribution in [0, 0.1) is 0 Å². The highest BCUT2D eigenvalue weighted by molar-refractivity contribution is 6.07. The molecule has 4 nitrogen and oxygen atoms in total. The summed E-state index contributed by atoms with van der Waals surface area (Å²) in [6, 6.07) is 33.4. The van der Waals surface area contributed by atoms with Gasteiger partial charge < -0.3 is 0 Å². The van der Waals surface area contributed by atoms with E-state index in [4.69, 9.17) is 4.98 Å². The van der Waals surface area contributed by atoms with Crippen molar-refractivity contribution in [2.75, 3.05) is 0 Å². The van der Waals surface area contributed by atoms with Gasteiger partial charge in [0.15, 0.2) is 0 Å². The van der Waals surface area contributed by atoms with E-state index in [2.05, 4.69) is 22.7 Å². The van der Waals surface area contributed by atoms with Crippen molar-refractivity contribution in [3.8, 4) is 11.3 Å². The molecule has 5 rings (SSSR count). The molecule has 1 N–H and O–H groups in total. The van der Waals surface area contributed by atoms with E-state index in [1.54, 1.807) is 6.21 Å². The van der Waals surface area contributed by atoms with Gasteiger partial charge in [-0.1, -0.05) is 91.0 Å². The van der Waals surface area contributed by atoms with Crippen molar-refractivity contribution in [1.29, 1.82) is 0 Å². The summed E-state index contributed by atoms with van der Waals surface area (Å²) >= 11 is 0. The number of hydrazone groups is 1. The molecule has 1 heterocycles. The van der Waals surface area contributed by atoms with Crippen molar-refractivity contribution in [3.05, 3.63) is 114 Å². The SMILES string of the molecule is O=C(N/N=C\c1cccc2ccccc12)c1cc(-c2ccccc2)nc2ccccc12. The Kier molecular flexibility index (Phi) is 4.95. The molecule has 31 heavy (non-hydrogen) atoms. The maximum Gasteiger partial charge on any atom is 0.272 e. The molecule has 0 spiro atoms. The Bertz CT molecular complexity index is 1420. The molecule has 148 valence electrons. The smallest absolute Gasteiger partial charge is 0.267 e. The largest absolute Gasteiger partial charge is 0.272 e. The minimum atomic E-state index is -0.271. The van der Waals surface area contributed by atoms with Gasteiger partial charge in [-0.2, -0.15) is 5.10 Å². The van der Waals surface area contributed by atoms with Crippen molar-refractivity contribution < 1.29 is 4.79 Å². The van der Waals surface area contributed by atoms with Gasteiger partial charge in [0.1, 0.15) is 0 Å². The van der Waals surface area contributed by atoms with E-state index >= 15 is 0 Å². The van der Waals surface area contributed by atoms with E-state index in [-0.39, 0.29) is 5.91 Å². The second kappa shape index (κ2) is 8.20. The number of amides is 1. The minimum Gasteiger partial charge on any atom is -0.267 e. The highest BCUT2D eigenvalue weighted by Crippen LogP contribution is 2.25. The number of nitrogens with zero attached hydrogens (tertiary/aromatic N) is 2. The van der Waals surface area contributed by atoms with E-state index < -0.39 is 0 Å². The van der Waals surface area contributed by atoms with Crippen molar-refractivity contribution >= 4 is 33.8 Å². The lowest BCUT2D eigenvalue weighted by Gasteiger charge is -2.09. The molecule has 0 radical (unpaired) electrons. The zero-order valence-corrected chi connectivity index (χ0v) is 16.7. The quantitative estimate of drug-likeness (QED) is 0.305. The normalized spacial score (nSPS) is 11.2. The van der Waals surface area contributed by atoms with Gasteiger partial charge in [0.2, 0.25) is 0 Å². The second-order valence-electron chi connectivity index (χ2n) is 7.21. The standard InChI is InChI=1S/C27H19N3O/c31-27(30-28-18-21-13-8-12-19-9-4-5-14-22(19)21)24-17-26(20-10-2-1-3-11-20)29-25-16-7-6-15-23(24)25/h1-18H,(H,30,31)/b28-18-. The molecule has 0 aliphatic carbocycles. The molecule has 1 aromatic heterocycles. The fraction of sp³-hybridized carbons (Fsp3) is 0. The van der Waals surface area contributed by atoms with Crippen molar-refractivity contribution in [2.24, 2.45) is 5.10 Å². The molecule has 0 fully saturated rings. The average Bonchev–Trinajstić information content (AvgIpc) is 2.84. The molecule has 0 atom stereocenters. The van der Waals surface area contributed by atoms with Crippen LogP contribution >= 0.6 is 0 Å². The van der Waals surface area contributed by atoms with Crippen molar-refractivity contribution in [2.45, 2.75) is 0 Å². The summed E-state index contributed by atoms with van der Waals surface area (Å²) in [5, 5.41) is 7.24. The number of aromatic nitrogens is 1. The number of fused-ring (bicyclic) bond motifs is 2. The molecule has 5 aromatic rings. The number of carbonyl (C=O) groups is 1. The lowest BCUT2D eigenvalue weighted by molar-refractivity contribution is 0.0956. The molecule has 1 amide bonds. The average molecular weight is 401 g/mol. The van der Waals surface area contributed by atoms with Gasteiger partial charge in [0.05, 0.1) is 23.0 Å². The van der Waals surface area contributed by atoms with E-state index in [1.807, 2.05) is 91.0 Å². The molecule has 0 saturated heterocycles. The molecule has 0 aliphatic rings. The first-order valence-corrected chi connectivity index (χ1v) is 10.1. The van der Waals surface area contributed by atoms with Crippen molar-refractivity contribution in [1.82, 2.24) is 10.4 Å². The topological polar surface area (TPSA) is 54.4 Å². The first-order chi connectivity index (χ1) is 15.3. The Morgan fingerprint density at radius 3 is 2.35 bits per heavy atom. The molecule has 0 unspecified atom stereocenters. The van der Waals surface area contributed by atoms with Crippen LogP contribution in [0.1, 0.15) is 15.9 Å². The van der Waals surface area contributed by atoms with Crippen LogP contribution in [0.2, 0.25) is 0 Å². The Hall–Kier alpha value is -4.31. The summed E-state index contributed by atoms with van der Waals surface area (Å²) in [6.45, 7) is 0. The number of hydrogen-bond donors (Lipinski definition) is 1. The van der Waals surface area contributed by atoms with Gasteiger partial charge in [-0.3, -0.25) is 4.79 Å². The van der Waals surface area contributed by atoms with Gasteiger partial charge in [0.25, 0.3) is 5.91 Å². The molecular weight excluding hydrogens is 382 g/mol. The summed E-state index contributed by atoms with van der Waals surface area (Å²) in [6.07, 6.45) is 1.68. The zero-order valence-electron chi connectivity index (χ0n) is 16.7. The first-order valence-electron chi connectivity index (χ1n) is 10.1. The summed E-state index contributed by atoms with van der Waals surface area (Å²) in [5.74, 6) is -0.271. The fourth-order valence-electron chi connectivity index (χ4n) is 3.70. The maximum atomic E-state index is 13.0. The Morgan fingerprint density at radius 2 is 1.48 bits per heavy atom. The Labute approximate surface area is 179 Å². The van der Waals surface area contributed by atoms with Crippen LogP contribution in [-0.2, 0) is 0 Å². The number of benzene rings is 4. The molecule has 4 aromatic carbocycles. The lowest BCUT2D eigenvalue weighted by Crippen LogP contribution is -2.18. The van der Waals surface area contributed by atoms with Gasteiger partial charge >= 0.3 is 0 Å². The van der Waals surface area contributed by atoms with Gasteiger partial charge in [-0.25, -0.2) is 10.4 Å². The number of hydrogen-bond acceptors (Lipinski definition) is 3. The predicted molar refractivity (Wildman–Crippen MR) is 126 cm³/mol. The van der Waals surface area contributed by atoms with Crippen LogP contribution in [0.15, 0.2) is 108 Å². The van der Waals surface area contributed by atoms with Crippen LogP contribution in [-0.4, -0.2) is 17.1 Å². The van der Waals surface area contributed by atoms with Gasteiger partial charge in [-0.15, -0.1) is 0 Å². The Balaban J connectivity index is 1.49. The van der Waals surface area contributed by atoms with Gasteiger partial charge in [-0.05, 0) is 22.9 Å². The van der Waals surface area contributed by atoms with E-state index in [1.165, 1.54) is 0 Å². The number of rotatable bonds is 4. The van der Waals surface area contributed by atoms with Crippen LogP contribution in [0.4, 0.5) is 0 Å². The first kappa shape index (κ1) is 18.7. The van der Waals surface area contributed by atoms with Gasteiger partial charge in [0, 0.05) is 16.5 Å². The number of carbonyl (C=O) groups excluding carboxylic acids is 1. The Morgan fingerprint density at radius 1 is 0.774 bits per heavy atom. The van der Waals surface area contributed by atoms with Crippen LogP contribution in [0.5, 0.6) is 0 Å². The van der Waals surface area contributed by atoms with Crippen LogP contribution in [0.25, 0.3) is 32.9 Å². The summed E-state index contributed by atoms with van der Waals surface area (Å²) in [5.41, 5.74) is 6.66. The monoisotopic (exact) mass is 401 g/mol. The number of para-hydroxylation sites is 1. The zero-order chi connectivity index (χ0) is 21.0. The molecule has 0 bridgehead atoms. The van der Waals surface area contributed by atoms with Crippen molar-refractivity contribution in [3.63, 3.8) is 0 Å². The maximum absolute atomic E-state index is 13.0. The molecule has 0 aliphatic heterocycles. The molecular formula is C27H19N3O. The number of pyridine rings is 1.